The Labute approximate surface area is 165 Å². The van der Waals surface area contributed by atoms with Gasteiger partial charge in [-0.3, -0.25) is 0 Å². The van der Waals surface area contributed by atoms with E-state index in [9.17, 15) is 70.3 Å². The molecule has 0 atom stereocenters. The molecule has 186 valence electrons. The summed E-state index contributed by atoms with van der Waals surface area (Å²) >= 11 is 0. The Bertz CT molecular complexity index is 746. The van der Waals surface area contributed by atoms with Crippen LogP contribution in [0.4, 0.5) is 57.1 Å². The highest BCUT2D eigenvalue weighted by atomic mass is 32.2. The van der Waals surface area contributed by atoms with Gasteiger partial charge in [0.05, 0.1) is 6.61 Å². The summed E-state index contributed by atoms with van der Waals surface area (Å²) < 4.78 is 189. The van der Waals surface area contributed by atoms with Gasteiger partial charge in [-0.25, -0.2) is 17.9 Å². The monoisotopic (exact) mass is 513 g/mol. The third-order valence-corrected chi connectivity index (χ3v) is 4.43. The largest absolute Gasteiger partial charge is 0.463 e. The SMILES string of the molecule is C=CC(=O)OCC.CNS(=O)(=O)C(F)(F)C(F)(F)C(F)(F)C(F)(F)C(F)(F)C(F)(F)F. The maximum Gasteiger partial charge on any atom is 0.460 e. The molecule has 0 spiro atoms. The lowest BCUT2D eigenvalue weighted by atomic mass is 9.98. The number of esters is 1. The van der Waals surface area contributed by atoms with E-state index in [0.29, 0.717) is 11.3 Å². The summed E-state index contributed by atoms with van der Waals surface area (Å²) in [5, 5.41) is -7.18. The van der Waals surface area contributed by atoms with E-state index in [1.165, 1.54) is 0 Å². The number of alkyl halides is 13. The maximum absolute atomic E-state index is 13.0. The van der Waals surface area contributed by atoms with Crippen LogP contribution in [-0.4, -0.2) is 63.2 Å². The third-order valence-electron chi connectivity index (χ3n) is 2.96. The molecule has 5 nitrogen and oxygen atoms in total. The van der Waals surface area contributed by atoms with Gasteiger partial charge in [0.15, 0.2) is 0 Å². The molecule has 0 aliphatic rings. The highest BCUT2D eigenvalue weighted by molar-refractivity contribution is 7.90. The van der Waals surface area contributed by atoms with Gasteiger partial charge in [-0.15, -0.1) is 0 Å². The summed E-state index contributed by atoms with van der Waals surface area (Å²) in [6.45, 7) is 5.38. The molecule has 0 bridgehead atoms. The normalized spacial score (nSPS) is 14.4. The first-order chi connectivity index (χ1) is 13.4. The number of carbonyl (C=O) groups is 1. The molecule has 31 heavy (non-hydrogen) atoms. The number of rotatable bonds is 8. The lowest BCUT2D eigenvalue weighted by molar-refractivity contribution is -0.433. The summed E-state index contributed by atoms with van der Waals surface area (Å²) in [5.74, 6) is -32.4. The van der Waals surface area contributed by atoms with Crippen LogP contribution in [0.5, 0.6) is 0 Å². The van der Waals surface area contributed by atoms with E-state index in [1.54, 1.807) is 6.92 Å². The first kappa shape index (κ1) is 31.4. The van der Waals surface area contributed by atoms with Crippen molar-refractivity contribution in [2.24, 2.45) is 0 Å². The van der Waals surface area contributed by atoms with Gasteiger partial charge in [-0.2, -0.15) is 57.1 Å². The van der Waals surface area contributed by atoms with Crippen molar-refractivity contribution in [2.75, 3.05) is 13.7 Å². The Morgan fingerprint density at radius 2 is 1.19 bits per heavy atom. The predicted octanol–water partition coefficient (Wildman–Crippen LogP) is 3.97. The highest BCUT2D eigenvalue weighted by Crippen LogP contribution is 2.60. The van der Waals surface area contributed by atoms with Crippen LogP contribution in [0.3, 0.4) is 0 Å². The summed E-state index contributed by atoms with van der Waals surface area (Å²) in [6.07, 6.45) is -6.41. The van der Waals surface area contributed by atoms with Crippen LogP contribution < -0.4 is 4.72 Å². The van der Waals surface area contributed by atoms with Gasteiger partial charge < -0.3 is 4.74 Å². The second-order valence-corrected chi connectivity index (χ2v) is 6.90. The van der Waals surface area contributed by atoms with Crippen LogP contribution in [0, 0.1) is 0 Å². The number of halogens is 13. The van der Waals surface area contributed by atoms with Crippen molar-refractivity contribution in [3.63, 3.8) is 0 Å². The molecule has 0 unspecified atom stereocenters. The second-order valence-electron chi connectivity index (χ2n) is 4.98. The highest BCUT2D eigenvalue weighted by Gasteiger charge is 2.92. The van der Waals surface area contributed by atoms with Crippen LogP contribution >= 0.6 is 0 Å². The van der Waals surface area contributed by atoms with Crippen molar-refractivity contribution in [1.82, 2.24) is 4.72 Å². The van der Waals surface area contributed by atoms with Gasteiger partial charge in [-0.1, -0.05) is 6.58 Å². The molecule has 1 N–H and O–H groups in total. The van der Waals surface area contributed by atoms with Crippen molar-refractivity contribution in [3.8, 4) is 0 Å². The summed E-state index contributed by atoms with van der Waals surface area (Å²) in [6, 6.07) is 0. The van der Waals surface area contributed by atoms with Crippen molar-refractivity contribution < 1.29 is 75.0 Å². The van der Waals surface area contributed by atoms with E-state index in [0.717, 1.165) is 6.08 Å². The fraction of sp³-hybridized carbons (Fsp3) is 0.750. The first-order valence-electron chi connectivity index (χ1n) is 7.05. The Morgan fingerprint density at radius 3 is 1.42 bits per heavy atom. The number of hydrogen-bond acceptors (Lipinski definition) is 4. The van der Waals surface area contributed by atoms with E-state index < -0.39 is 45.1 Å². The topological polar surface area (TPSA) is 72.5 Å². The molecule has 19 heteroatoms. The molecule has 0 aliphatic carbocycles. The van der Waals surface area contributed by atoms with Crippen molar-refractivity contribution in [1.29, 1.82) is 0 Å². The Balaban J connectivity index is 0. The lowest BCUT2D eigenvalue weighted by Crippen LogP contribution is -2.71. The Hall–Kier alpha value is -1.79. The quantitative estimate of drug-likeness (QED) is 0.303. The molecule has 0 amide bonds. The zero-order chi connectivity index (χ0) is 25.9. The standard InChI is InChI=1S/C7H4F13NO2S.C5H8O2/c1-21-24(22,23)7(19,20)5(14,15)3(10,11)2(8,9)4(12,13)6(16,17)18;1-3-5(6)7-4-2/h21H,1H3;3H,1,4H2,2H3. The lowest BCUT2D eigenvalue weighted by Gasteiger charge is -2.39. The average Bonchev–Trinajstić information content (AvgIpc) is 2.60. The summed E-state index contributed by atoms with van der Waals surface area (Å²) in [4.78, 5) is 10.1. The third kappa shape index (κ3) is 5.35. The van der Waals surface area contributed by atoms with Gasteiger partial charge in [0.25, 0.3) is 10.0 Å². The van der Waals surface area contributed by atoms with Crippen molar-refractivity contribution in [2.45, 2.75) is 42.0 Å². The summed E-state index contributed by atoms with van der Waals surface area (Å²) in [5.41, 5.74) is 0. The zero-order valence-electron chi connectivity index (χ0n) is 14.9. The molecule has 0 saturated carbocycles. The minimum atomic E-state index is -8.13. The molecule has 0 rings (SSSR count). The van der Waals surface area contributed by atoms with Crippen LogP contribution in [-0.2, 0) is 19.6 Å². The van der Waals surface area contributed by atoms with E-state index in [-0.39, 0.29) is 13.0 Å². The fourth-order valence-corrected chi connectivity index (χ4v) is 1.98. The van der Waals surface area contributed by atoms with E-state index >= 15 is 0 Å². The molecular formula is C12H12F13NO4S. The predicted molar refractivity (Wildman–Crippen MR) is 75.6 cm³/mol. The number of nitrogens with one attached hydrogen (secondary N) is 1. The summed E-state index contributed by atoms with van der Waals surface area (Å²) in [7, 11) is -6.92. The van der Waals surface area contributed by atoms with Crippen LogP contribution in [0.15, 0.2) is 12.7 Å². The molecule has 0 radical (unpaired) electrons. The second kappa shape index (κ2) is 9.37. The molecule has 0 saturated heterocycles. The van der Waals surface area contributed by atoms with E-state index in [4.69, 9.17) is 0 Å². The number of hydrogen-bond donors (Lipinski definition) is 1. The molecular weight excluding hydrogens is 501 g/mol. The van der Waals surface area contributed by atoms with Gasteiger partial charge in [0, 0.05) is 6.08 Å². The number of sulfonamides is 1. The van der Waals surface area contributed by atoms with Crippen LogP contribution in [0.2, 0.25) is 0 Å². The van der Waals surface area contributed by atoms with Gasteiger partial charge in [-0.05, 0) is 14.0 Å². The van der Waals surface area contributed by atoms with E-state index in [2.05, 4.69) is 11.3 Å². The molecule has 0 aromatic rings. The smallest absolute Gasteiger partial charge is 0.460 e. The van der Waals surface area contributed by atoms with Crippen LogP contribution in [0.1, 0.15) is 6.92 Å². The maximum atomic E-state index is 13.0. The van der Waals surface area contributed by atoms with Gasteiger partial charge in [0.1, 0.15) is 0 Å². The molecule has 0 aromatic heterocycles. The molecule has 0 heterocycles. The van der Waals surface area contributed by atoms with Crippen molar-refractivity contribution in [3.05, 3.63) is 12.7 Å². The average molecular weight is 513 g/mol. The molecule has 0 aromatic carbocycles. The van der Waals surface area contributed by atoms with Gasteiger partial charge in [0.2, 0.25) is 0 Å². The molecule has 0 fully saturated rings. The zero-order valence-corrected chi connectivity index (χ0v) is 15.8. The Morgan fingerprint density at radius 1 is 0.839 bits per heavy atom. The number of ether oxygens (including phenoxy) is 1. The molecule has 0 aliphatic heterocycles. The Kier molecular flexibility index (Phi) is 9.49. The minimum Gasteiger partial charge on any atom is -0.463 e. The number of carbonyl (C=O) groups excluding carboxylic acids is 1. The first-order valence-corrected chi connectivity index (χ1v) is 8.53. The minimum absolute atomic E-state index is 0.0695. The van der Waals surface area contributed by atoms with Gasteiger partial charge >= 0.3 is 41.1 Å². The fourth-order valence-electron chi connectivity index (χ4n) is 1.25. The van der Waals surface area contributed by atoms with Crippen molar-refractivity contribution >= 4 is 16.0 Å². The van der Waals surface area contributed by atoms with Crippen LogP contribution in [0.25, 0.3) is 0 Å². The van der Waals surface area contributed by atoms with E-state index in [1.807, 2.05) is 0 Å².